The van der Waals surface area contributed by atoms with Crippen molar-refractivity contribution in [1.82, 2.24) is 10.3 Å². The Morgan fingerprint density at radius 2 is 2.00 bits per heavy atom. The van der Waals surface area contributed by atoms with Crippen LogP contribution in [0.1, 0.15) is 18.1 Å². The predicted octanol–water partition coefficient (Wildman–Crippen LogP) is 3.05. The van der Waals surface area contributed by atoms with Gasteiger partial charge in [0.05, 0.1) is 6.20 Å². The summed E-state index contributed by atoms with van der Waals surface area (Å²) in [6.45, 7) is 3.22. The zero-order chi connectivity index (χ0) is 14.4. The van der Waals surface area contributed by atoms with Crippen LogP contribution in [0, 0.1) is 11.6 Å². The average molecular weight is 278 g/mol. The van der Waals surface area contributed by atoms with Crippen LogP contribution in [0.3, 0.4) is 0 Å². The van der Waals surface area contributed by atoms with Crippen LogP contribution in [0.5, 0.6) is 5.88 Å². The molecule has 0 bridgehead atoms. The number of ether oxygens (including phenoxy) is 1. The van der Waals surface area contributed by atoms with Crippen LogP contribution in [0.15, 0.2) is 36.5 Å². The molecule has 1 N–H and O–H groups in total. The first kappa shape index (κ1) is 14.4. The van der Waals surface area contributed by atoms with E-state index in [4.69, 9.17) is 4.74 Å². The number of aromatic nitrogens is 1. The molecule has 20 heavy (non-hydrogen) atoms. The second kappa shape index (κ2) is 6.96. The lowest BCUT2D eigenvalue weighted by Crippen LogP contribution is -2.14. The highest BCUT2D eigenvalue weighted by Gasteiger charge is 2.08. The summed E-state index contributed by atoms with van der Waals surface area (Å²) in [7, 11) is 0. The number of nitrogens with one attached hydrogen (secondary N) is 1. The van der Waals surface area contributed by atoms with Crippen molar-refractivity contribution in [3.63, 3.8) is 0 Å². The van der Waals surface area contributed by atoms with Gasteiger partial charge in [-0.05, 0) is 18.7 Å². The maximum Gasteiger partial charge on any atom is 0.218 e. The SMILES string of the molecule is CCNCc1cc(F)cnc1OCc1ccccc1F. The fraction of sp³-hybridized carbons (Fsp3) is 0.267. The third kappa shape index (κ3) is 3.74. The van der Waals surface area contributed by atoms with Gasteiger partial charge in [-0.1, -0.05) is 25.1 Å². The molecule has 0 amide bonds. The van der Waals surface area contributed by atoms with Gasteiger partial charge in [-0.3, -0.25) is 0 Å². The lowest BCUT2D eigenvalue weighted by molar-refractivity contribution is 0.283. The van der Waals surface area contributed by atoms with Crippen molar-refractivity contribution in [2.75, 3.05) is 6.54 Å². The maximum absolute atomic E-state index is 13.5. The van der Waals surface area contributed by atoms with Crippen LogP contribution in [-0.4, -0.2) is 11.5 Å². The highest BCUT2D eigenvalue weighted by atomic mass is 19.1. The first-order valence-electron chi connectivity index (χ1n) is 6.42. The molecule has 0 saturated carbocycles. The quantitative estimate of drug-likeness (QED) is 0.882. The third-order valence-electron chi connectivity index (χ3n) is 2.78. The summed E-state index contributed by atoms with van der Waals surface area (Å²) in [6.07, 6.45) is 1.09. The largest absolute Gasteiger partial charge is 0.472 e. The highest BCUT2D eigenvalue weighted by Crippen LogP contribution is 2.18. The van der Waals surface area contributed by atoms with Crippen molar-refractivity contribution in [1.29, 1.82) is 0 Å². The molecule has 0 atom stereocenters. The summed E-state index contributed by atoms with van der Waals surface area (Å²) in [6, 6.07) is 7.73. The van der Waals surface area contributed by atoms with E-state index in [1.165, 1.54) is 12.1 Å². The number of halogens is 2. The molecular weight excluding hydrogens is 262 g/mol. The van der Waals surface area contributed by atoms with E-state index < -0.39 is 5.82 Å². The molecule has 5 heteroatoms. The summed E-state index contributed by atoms with van der Waals surface area (Å²) < 4.78 is 32.2. The van der Waals surface area contributed by atoms with Crippen molar-refractivity contribution >= 4 is 0 Å². The van der Waals surface area contributed by atoms with Crippen LogP contribution in [0.2, 0.25) is 0 Å². The fourth-order valence-corrected chi connectivity index (χ4v) is 1.75. The fourth-order valence-electron chi connectivity index (χ4n) is 1.75. The number of hydrogen-bond acceptors (Lipinski definition) is 3. The van der Waals surface area contributed by atoms with Crippen LogP contribution in [0.4, 0.5) is 8.78 Å². The second-order valence-electron chi connectivity index (χ2n) is 4.28. The standard InChI is InChI=1S/C15H16F2N2O/c1-2-18-8-12-7-13(16)9-19-15(12)20-10-11-5-3-4-6-14(11)17/h3-7,9,18H,2,8,10H2,1H3. The number of hydrogen-bond donors (Lipinski definition) is 1. The molecule has 0 saturated heterocycles. The molecule has 1 heterocycles. The number of pyridine rings is 1. The molecule has 0 aliphatic carbocycles. The number of nitrogens with zero attached hydrogens (tertiary/aromatic N) is 1. The number of benzene rings is 1. The Hall–Kier alpha value is -2.01. The molecule has 0 aliphatic heterocycles. The van der Waals surface area contributed by atoms with Gasteiger partial charge >= 0.3 is 0 Å². The molecule has 1 aromatic heterocycles. The maximum atomic E-state index is 13.5. The van der Waals surface area contributed by atoms with Crippen LogP contribution < -0.4 is 10.1 Å². The van der Waals surface area contributed by atoms with Gasteiger partial charge in [0, 0.05) is 17.7 Å². The van der Waals surface area contributed by atoms with Crippen LogP contribution in [0.25, 0.3) is 0 Å². The Morgan fingerprint density at radius 1 is 1.20 bits per heavy atom. The Kier molecular flexibility index (Phi) is 5.01. The van der Waals surface area contributed by atoms with Gasteiger partial charge in [0.2, 0.25) is 5.88 Å². The van der Waals surface area contributed by atoms with Crippen molar-refractivity contribution in [2.45, 2.75) is 20.1 Å². The molecule has 0 fully saturated rings. The highest BCUT2D eigenvalue weighted by molar-refractivity contribution is 5.27. The monoisotopic (exact) mass is 278 g/mol. The molecular formula is C15H16F2N2O. The summed E-state index contributed by atoms with van der Waals surface area (Å²) in [5, 5.41) is 3.08. The van der Waals surface area contributed by atoms with Crippen LogP contribution in [-0.2, 0) is 13.2 Å². The van der Waals surface area contributed by atoms with E-state index in [0.717, 1.165) is 12.7 Å². The topological polar surface area (TPSA) is 34.2 Å². The minimum atomic E-state index is -0.420. The Labute approximate surface area is 116 Å². The molecule has 1 aromatic carbocycles. The van der Waals surface area contributed by atoms with Crippen molar-refractivity contribution in [3.8, 4) is 5.88 Å². The lowest BCUT2D eigenvalue weighted by atomic mass is 10.2. The van der Waals surface area contributed by atoms with Gasteiger partial charge < -0.3 is 10.1 Å². The van der Waals surface area contributed by atoms with E-state index in [0.29, 0.717) is 23.6 Å². The number of rotatable bonds is 6. The van der Waals surface area contributed by atoms with Gasteiger partial charge in [-0.25, -0.2) is 13.8 Å². The van der Waals surface area contributed by atoms with Crippen LogP contribution >= 0.6 is 0 Å². The zero-order valence-electron chi connectivity index (χ0n) is 11.2. The molecule has 2 rings (SSSR count). The van der Waals surface area contributed by atoms with E-state index in [-0.39, 0.29) is 12.4 Å². The summed E-state index contributed by atoms with van der Waals surface area (Å²) in [4.78, 5) is 3.92. The summed E-state index contributed by atoms with van der Waals surface area (Å²) >= 11 is 0. The van der Waals surface area contributed by atoms with E-state index in [2.05, 4.69) is 10.3 Å². The molecule has 0 aliphatic rings. The van der Waals surface area contributed by atoms with Crippen molar-refractivity contribution in [3.05, 3.63) is 59.3 Å². The van der Waals surface area contributed by atoms with Gasteiger partial charge in [-0.2, -0.15) is 0 Å². The minimum absolute atomic E-state index is 0.0600. The summed E-state index contributed by atoms with van der Waals surface area (Å²) in [5.41, 5.74) is 1.05. The van der Waals surface area contributed by atoms with Gasteiger partial charge in [0.25, 0.3) is 0 Å². The molecule has 0 radical (unpaired) electrons. The third-order valence-corrected chi connectivity index (χ3v) is 2.78. The van der Waals surface area contributed by atoms with E-state index in [1.54, 1.807) is 18.2 Å². The first-order valence-corrected chi connectivity index (χ1v) is 6.42. The smallest absolute Gasteiger partial charge is 0.218 e. The van der Waals surface area contributed by atoms with Gasteiger partial charge in [0.15, 0.2) is 0 Å². The summed E-state index contributed by atoms with van der Waals surface area (Å²) in [5.74, 6) is -0.436. The van der Waals surface area contributed by atoms with E-state index >= 15 is 0 Å². The molecule has 106 valence electrons. The minimum Gasteiger partial charge on any atom is -0.472 e. The van der Waals surface area contributed by atoms with Crippen molar-refractivity contribution in [2.24, 2.45) is 0 Å². The average Bonchev–Trinajstić information content (AvgIpc) is 2.45. The molecule has 2 aromatic rings. The molecule has 0 spiro atoms. The molecule has 3 nitrogen and oxygen atoms in total. The normalized spacial score (nSPS) is 10.6. The van der Waals surface area contributed by atoms with Gasteiger partial charge in [0.1, 0.15) is 18.2 Å². The van der Waals surface area contributed by atoms with E-state index in [9.17, 15) is 8.78 Å². The second-order valence-corrected chi connectivity index (χ2v) is 4.28. The first-order chi connectivity index (χ1) is 9.70. The Morgan fingerprint density at radius 3 is 2.75 bits per heavy atom. The van der Waals surface area contributed by atoms with Crippen molar-refractivity contribution < 1.29 is 13.5 Å². The van der Waals surface area contributed by atoms with Gasteiger partial charge in [-0.15, -0.1) is 0 Å². The molecule has 0 unspecified atom stereocenters. The lowest BCUT2D eigenvalue weighted by Gasteiger charge is -2.11. The zero-order valence-corrected chi connectivity index (χ0v) is 11.2. The van der Waals surface area contributed by atoms with E-state index in [1.807, 2.05) is 6.92 Å². The predicted molar refractivity (Wildman–Crippen MR) is 72.3 cm³/mol. The Bertz CT molecular complexity index is 576. The Balaban J connectivity index is 2.10.